The van der Waals surface area contributed by atoms with Gasteiger partial charge in [-0.15, -0.1) is 0 Å². The Morgan fingerprint density at radius 1 is 0.845 bits per heavy atom. The van der Waals surface area contributed by atoms with Gasteiger partial charge in [-0.05, 0) is 121 Å². The molecule has 4 N–H and O–H groups in total. The van der Waals surface area contributed by atoms with Crippen molar-refractivity contribution in [3.05, 3.63) is 82.2 Å². The predicted octanol–water partition coefficient (Wildman–Crippen LogP) is 5.88. The van der Waals surface area contributed by atoms with Crippen molar-refractivity contribution in [1.82, 2.24) is 40.0 Å². The van der Waals surface area contributed by atoms with Gasteiger partial charge in [0.25, 0.3) is 5.91 Å². The number of fused-ring (bicyclic) bond motifs is 2. The lowest BCUT2D eigenvalue weighted by molar-refractivity contribution is -0.136. The van der Waals surface area contributed by atoms with E-state index in [2.05, 4.69) is 96.3 Å². The maximum atomic E-state index is 13.2. The van der Waals surface area contributed by atoms with E-state index in [0.717, 1.165) is 101 Å². The Morgan fingerprint density at radius 2 is 1.62 bits per heavy atom. The minimum Gasteiger partial charge on any atom is -0.494 e. The molecule has 0 spiro atoms. The van der Waals surface area contributed by atoms with Crippen LogP contribution in [0.5, 0.6) is 5.75 Å². The first-order chi connectivity index (χ1) is 34.3. The van der Waals surface area contributed by atoms with E-state index in [1.54, 1.807) is 36.5 Å². The van der Waals surface area contributed by atoms with Crippen LogP contribution in [0, 0.1) is 5.92 Å². The van der Waals surface area contributed by atoms with E-state index in [1.165, 1.54) is 30.3 Å². The summed E-state index contributed by atoms with van der Waals surface area (Å²) in [7, 11) is -1.98. The van der Waals surface area contributed by atoms with Crippen molar-refractivity contribution in [1.29, 1.82) is 0 Å². The molecular weight excluding hydrogens is 991 g/mol. The second-order valence-corrected chi connectivity index (χ2v) is 21.8. The molecule has 7 heterocycles. The molecule has 3 aromatic carbocycles. The van der Waals surface area contributed by atoms with Gasteiger partial charge < -0.3 is 35.0 Å². The number of rotatable bonds is 14. The first-order valence-corrected chi connectivity index (χ1v) is 27.2. The van der Waals surface area contributed by atoms with Crippen molar-refractivity contribution in [2.45, 2.75) is 70.5 Å². The maximum absolute atomic E-state index is 13.2. The fourth-order valence-corrected chi connectivity index (χ4v) is 11.8. The number of amides is 3. The molecule has 71 heavy (non-hydrogen) atoms. The first kappa shape index (κ1) is 48.5. The summed E-state index contributed by atoms with van der Waals surface area (Å²) in [6.07, 6.45) is 11.9. The molecule has 5 aliphatic rings. The summed E-state index contributed by atoms with van der Waals surface area (Å²) in [5.41, 5.74) is 7.47. The van der Waals surface area contributed by atoms with Crippen LogP contribution in [0.3, 0.4) is 0 Å². The van der Waals surface area contributed by atoms with E-state index in [4.69, 9.17) is 9.72 Å². The molecule has 0 radical (unpaired) electrons. The van der Waals surface area contributed by atoms with Gasteiger partial charge in [-0.2, -0.15) is 4.98 Å². The highest BCUT2D eigenvalue weighted by atomic mass is 79.9. The number of piperidine rings is 3. The Kier molecular flexibility index (Phi) is 14.0. The highest BCUT2D eigenvalue weighted by Crippen LogP contribution is 2.39. The van der Waals surface area contributed by atoms with Gasteiger partial charge in [-0.3, -0.25) is 39.3 Å². The second-order valence-electron chi connectivity index (χ2n) is 19.2. The molecule has 10 rings (SSSR count). The third kappa shape index (κ3) is 10.6. The van der Waals surface area contributed by atoms with E-state index in [-0.39, 0.29) is 29.8 Å². The lowest BCUT2D eigenvalue weighted by Gasteiger charge is -2.44. The Hall–Kier alpha value is -6.16. The van der Waals surface area contributed by atoms with E-state index in [1.807, 2.05) is 12.1 Å². The van der Waals surface area contributed by atoms with Crippen LogP contribution in [0.1, 0.15) is 66.9 Å². The molecule has 5 aromatic rings. The summed E-state index contributed by atoms with van der Waals surface area (Å²) in [5, 5.41) is 9.02. The van der Waals surface area contributed by atoms with Gasteiger partial charge in [0.1, 0.15) is 23.1 Å². The molecule has 1 atom stereocenters. The van der Waals surface area contributed by atoms with Gasteiger partial charge in [0.15, 0.2) is 0 Å². The van der Waals surface area contributed by atoms with E-state index in [9.17, 15) is 22.8 Å². The number of carbonyl (C=O) groups is 3. The average molecular weight is 1050 g/mol. The smallest absolute Gasteiger partial charge is 0.255 e. The number of nitrogens with one attached hydrogen (secondary N) is 4. The highest BCUT2D eigenvalue weighted by Gasteiger charge is 2.39. The Bertz CT molecular complexity index is 2960. The van der Waals surface area contributed by atoms with Crippen LogP contribution in [0.25, 0.3) is 11.0 Å². The molecule has 3 amide bonds. The zero-order valence-corrected chi connectivity index (χ0v) is 42.7. The molecule has 4 saturated heterocycles. The zero-order valence-electron chi connectivity index (χ0n) is 40.3. The number of sulfonamides is 1. The van der Waals surface area contributed by atoms with Crippen molar-refractivity contribution >= 4 is 94.9 Å². The highest BCUT2D eigenvalue weighted by molar-refractivity contribution is 9.10. The average Bonchev–Trinajstić information content (AvgIpc) is 3.70. The number of nitrogens with zero attached hydrogens (tertiary/aromatic N) is 9. The van der Waals surface area contributed by atoms with Gasteiger partial charge in [0.2, 0.25) is 27.8 Å². The number of methoxy groups -OCH3 is 1. The Balaban J connectivity index is 0.705. The quantitative estimate of drug-likeness (QED) is 0.0958. The molecule has 0 aliphatic carbocycles. The number of aromatic nitrogens is 4. The maximum Gasteiger partial charge on any atom is 0.255 e. The normalized spacial score (nSPS) is 19.8. The van der Waals surface area contributed by atoms with Gasteiger partial charge in [-0.1, -0.05) is 6.92 Å². The topological polar surface area (TPSA) is 210 Å². The predicted molar refractivity (Wildman–Crippen MR) is 277 cm³/mol. The summed E-state index contributed by atoms with van der Waals surface area (Å²) in [6, 6.07) is 13.8. The number of anilines is 7. The number of ether oxygens (including phenoxy) is 1. The van der Waals surface area contributed by atoms with Crippen LogP contribution in [0.4, 0.5) is 40.2 Å². The Morgan fingerprint density at radius 3 is 2.35 bits per heavy atom. The number of carbonyl (C=O) groups excluding carboxylic acids is 3. The van der Waals surface area contributed by atoms with Crippen molar-refractivity contribution in [3.63, 3.8) is 0 Å². The molecule has 4 fully saturated rings. The number of imide groups is 1. The van der Waals surface area contributed by atoms with Gasteiger partial charge in [0, 0.05) is 106 Å². The van der Waals surface area contributed by atoms with E-state index >= 15 is 0 Å². The zero-order chi connectivity index (χ0) is 49.4. The van der Waals surface area contributed by atoms with Crippen LogP contribution in [-0.4, -0.2) is 145 Å². The third-order valence-corrected chi connectivity index (χ3v) is 15.8. The summed E-state index contributed by atoms with van der Waals surface area (Å²) in [5.74, 6) is 1.31. The van der Waals surface area contributed by atoms with E-state index in [0.29, 0.717) is 69.2 Å². The number of likely N-dealkylation sites (tertiary alicyclic amines) is 1. The summed E-state index contributed by atoms with van der Waals surface area (Å²) in [6.45, 7) is 11.8. The molecule has 21 heteroatoms. The van der Waals surface area contributed by atoms with Gasteiger partial charge in [-0.25, -0.2) is 13.4 Å². The molecule has 374 valence electrons. The summed E-state index contributed by atoms with van der Waals surface area (Å²) >= 11 is 3.55. The van der Waals surface area contributed by atoms with Crippen LogP contribution in [0.2, 0.25) is 0 Å². The number of piperazine rings is 1. The summed E-state index contributed by atoms with van der Waals surface area (Å²) < 4.78 is 33.9. The van der Waals surface area contributed by atoms with Crippen molar-refractivity contribution in [2.75, 3.05) is 97.4 Å². The minimum absolute atomic E-state index is 0.133. The number of aryl methyl sites for hydroxylation is 1. The SMILES string of the molecule is CCc1cc(Nc2ncc(Br)c(Nc3ccc4nccnc4c3NS(C)(=O)=O)n2)c(OC)cc1N1CCC(N2CCC(CN3CCN(c4ccc5c(c4)CN([C@H]4CCC(=O)NC4=O)C5=O)CC3)CC2)CC1. The molecule has 5 aliphatic heterocycles. The van der Waals surface area contributed by atoms with Crippen LogP contribution < -0.4 is 35.2 Å². The van der Waals surface area contributed by atoms with Crippen molar-refractivity contribution < 1.29 is 27.5 Å². The van der Waals surface area contributed by atoms with Crippen molar-refractivity contribution in [2.24, 2.45) is 5.92 Å². The molecule has 0 bridgehead atoms. The van der Waals surface area contributed by atoms with E-state index < -0.39 is 16.1 Å². The molecule has 19 nitrogen and oxygen atoms in total. The fraction of sp³-hybridized carbons (Fsp3) is 0.460. The summed E-state index contributed by atoms with van der Waals surface area (Å²) in [4.78, 5) is 67.3. The lowest BCUT2D eigenvalue weighted by atomic mass is 9.92. The van der Waals surface area contributed by atoms with Crippen LogP contribution >= 0.6 is 15.9 Å². The fourth-order valence-electron chi connectivity index (χ4n) is 10.9. The monoisotopic (exact) mass is 1050 g/mol. The van der Waals surface area contributed by atoms with Gasteiger partial charge >= 0.3 is 0 Å². The molecule has 0 saturated carbocycles. The standard InChI is InChI=1S/C50H60BrN13O6S/c1-4-32-26-40(56-50-54-28-37(51)47(58-50)55-39-8-7-38-45(53-16-15-52-38)46(39)59-71(3,68)69)43(70-2)27-42(32)63-19-13-34(14-20-63)61-17-11-31(12-18-61)29-60-21-23-62(24-22-60)35-5-6-36-33(25-35)30-64(49(36)67)41-9-10-44(65)57-48(41)66/h5-8,15-16,25-28,31,34,41,59H,4,9-14,17-24,29-30H2,1-3H3,(H,57,65,66)(H2,54,55,56,58)/t41-/m0/s1. The van der Waals surface area contributed by atoms with Crippen LogP contribution in [0.15, 0.2) is 65.5 Å². The number of halogens is 1. The molecule has 0 unspecified atom stereocenters. The lowest BCUT2D eigenvalue weighted by Crippen LogP contribution is -2.52. The third-order valence-electron chi connectivity index (χ3n) is 14.7. The second kappa shape index (κ2) is 20.5. The molecular formula is C50H60BrN13O6S. The largest absolute Gasteiger partial charge is 0.494 e. The number of hydrogen-bond acceptors (Lipinski definition) is 16. The Labute approximate surface area is 422 Å². The van der Waals surface area contributed by atoms with Crippen molar-refractivity contribution in [3.8, 4) is 5.75 Å². The molecule has 2 aromatic heterocycles. The van der Waals surface area contributed by atoms with Gasteiger partial charge in [0.05, 0.1) is 40.4 Å². The number of hydrogen-bond donors (Lipinski definition) is 4. The first-order valence-electron chi connectivity index (χ1n) is 24.5. The minimum atomic E-state index is -3.65. The number of benzene rings is 3. The van der Waals surface area contributed by atoms with Crippen LogP contribution in [-0.2, 0) is 32.6 Å².